The maximum absolute atomic E-state index is 9.56. The van der Waals surface area contributed by atoms with Crippen molar-refractivity contribution >= 4 is 8.25 Å². The predicted octanol–water partition coefficient (Wildman–Crippen LogP) is 6.61. The molecule has 0 aliphatic heterocycles. The molecule has 0 bridgehead atoms. The average Bonchev–Trinajstić information content (AvgIpc) is 2.59. The van der Waals surface area contributed by atoms with E-state index in [9.17, 15) is 4.57 Å². The van der Waals surface area contributed by atoms with Gasteiger partial charge in [0.05, 0.1) is 6.61 Å². The second kappa shape index (κ2) is 26.3. The van der Waals surface area contributed by atoms with E-state index < -0.39 is 8.25 Å². The van der Waals surface area contributed by atoms with Crippen molar-refractivity contribution in [2.45, 2.75) is 117 Å². The molecule has 0 saturated carbocycles. The molecule has 0 rings (SSSR count). The van der Waals surface area contributed by atoms with Gasteiger partial charge in [-0.25, -0.2) is 0 Å². The molecule has 5 heteroatoms. The monoisotopic (exact) mass is 379 g/mol. The van der Waals surface area contributed by atoms with Gasteiger partial charge in [0.15, 0.2) is 0 Å². The number of hydrogen-bond donors (Lipinski definition) is 2. The minimum atomic E-state index is -2.64. The molecule has 0 fully saturated rings. The Bertz CT molecular complexity index is 237. The van der Waals surface area contributed by atoms with Crippen molar-refractivity contribution in [3.05, 3.63) is 0 Å². The van der Waals surface area contributed by atoms with Crippen LogP contribution in [0.5, 0.6) is 0 Å². The Hall–Kier alpha value is 0.110. The summed E-state index contributed by atoms with van der Waals surface area (Å²) < 4.78 is 13.7. The number of rotatable bonds is 18. The summed E-state index contributed by atoms with van der Waals surface area (Å²) in [5, 5.41) is 0. The maximum atomic E-state index is 9.56. The fourth-order valence-corrected chi connectivity index (χ4v) is 3.06. The highest BCUT2D eigenvalue weighted by Gasteiger charge is 1.94. The third-order valence-corrected chi connectivity index (χ3v) is 4.86. The summed E-state index contributed by atoms with van der Waals surface area (Å²) in [5.41, 5.74) is 5.48. The summed E-state index contributed by atoms with van der Waals surface area (Å²) >= 11 is 0. The Labute approximate surface area is 158 Å². The molecule has 0 amide bonds. The van der Waals surface area contributed by atoms with Gasteiger partial charge in [0.25, 0.3) is 0 Å². The van der Waals surface area contributed by atoms with Crippen molar-refractivity contribution < 1.29 is 14.0 Å². The van der Waals surface area contributed by atoms with Crippen molar-refractivity contribution in [3.63, 3.8) is 0 Å². The van der Waals surface area contributed by atoms with E-state index in [2.05, 4.69) is 11.4 Å². The van der Waals surface area contributed by atoms with E-state index in [0.717, 1.165) is 6.54 Å². The third-order valence-electron chi connectivity index (χ3n) is 4.33. The first kappa shape index (κ1) is 27.3. The van der Waals surface area contributed by atoms with Crippen LogP contribution in [0.25, 0.3) is 0 Å². The highest BCUT2D eigenvalue weighted by Crippen LogP contribution is 2.13. The van der Waals surface area contributed by atoms with Crippen molar-refractivity contribution in [2.24, 2.45) is 5.73 Å². The summed E-state index contributed by atoms with van der Waals surface area (Å²) in [4.78, 5) is 7.88. The second-order valence-electron chi connectivity index (χ2n) is 6.79. The molecule has 1 unspecified atom stereocenters. The van der Waals surface area contributed by atoms with Gasteiger partial charge in [0.2, 0.25) is 0 Å². The molecule has 0 aromatic rings. The van der Waals surface area contributed by atoms with E-state index in [1.807, 2.05) is 0 Å². The molecule has 1 atom stereocenters. The lowest BCUT2D eigenvalue weighted by atomic mass is 10.0. The molecule has 0 spiro atoms. The van der Waals surface area contributed by atoms with Gasteiger partial charge in [-0.1, -0.05) is 103 Å². The minimum Gasteiger partial charge on any atom is -0.330 e. The molecule has 0 heterocycles. The molecule has 0 aromatic carbocycles. The van der Waals surface area contributed by atoms with E-state index >= 15 is 0 Å². The van der Waals surface area contributed by atoms with E-state index in [4.69, 9.17) is 10.6 Å². The highest BCUT2D eigenvalue weighted by atomic mass is 31.1. The molecule has 0 aliphatic rings. The Morgan fingerprint density at radius 3 is 1.20 bits per heavy atom. The minimum absolute atomic E-state index is 0.314. The summed E-state index contributed by atoms with van der Waals surface area (Å²) in [7, 11) is -2.64. The summed E-state index contributed by atoms with van der Waals surface area (Å²) in [6.45, 7) is 5.14. The summed E-state index contributed by atoms with van der Waals surface area (Å²) in [6, 6.07) is 0. The quantitative estimate of drug-likeness (QED) is 0.207. The molecule has 154 valence electrons. The average molecular weight is 380 g/mol. The van der Waals surface area contributed by atoms with Crippen LogP contribution in [0.3, 0.4) is 0 Å². The van der Waals surface area contributed by atoms with Gasteiger partial charge >= 0.3 is 8.25 Å². The molecule has 0 aliphatic carbocycles. The van der Waals surface area contributed by atoms with Crippen LogP contribution in [-0.4, -0.2) is 18.0 Å². The molecular formula is C20H46NO3P. The number of unbranched alkanes of at least 4 members (excludes halogenated alkanes) is 15. The lowest BCUT2D eigenvalue weighted by molar-refractivity contribution is 0.297. The fraction of sp³-hybridized carbons (Fsp3) is 1.00. The zero-order chi connectivity index (χ0) is 19.0. The maximum Gasteiger partial charge on any atom is 0.316 e. The number of nitrogens with two attached hydrogens (primary N) is 1. The van der Waals surface area contributed by atoms with E-state index in [1.165, 1.54) is 103 Å². The third kappa shape index (κ3) is 32.3. The second-order valence-corrected chi connectivity index (χ2v) is 7.61. The van der Waals surface area contributed by atoms with E-state index in [0.29, 0.717) is 6.61 Å². The first-order valence-corrected chi connectivity index (χ1v) is 12.0. The lowest BCUT2D eigenvalue weighted by Crippen LogP contribution is -1.97. The van der Waals surface area contributed by atoms with Crippen LogP contribution in [0.2, 0.25) is 0 Å². The van der Waals surface area contributed by atoms with Crippen LogP contribution in [0.1, 0.15) is 117 Å². The highest BCUT2D eigenvalue weighted by molar-refractivity contribution is 7.32. The van der Waals surface area contributed by atoms with Gasteiger partial charge in [0.1, 0.15) is 0 Å². The number of hydrogen-bond acceptors (Lipinski definition) is 3. The van der Waals surface area contributed by atoms with Gasteiger partial charge in [-0.2, -0.15) is 0 Å². The van der Waals surface area contributed by atoms with Crippen LogP contribution in [0.4, 0.5) is 0 Å². The lowest BCUT2D eigenvalue weighted by Gasteiger charge is -2.03. The van der Waals surface area contributed by atoms with E-state index in [-0.39, 0.29) is 0 Å². The first-order chi connectivity index (χ1) is 12.2. The molecule has 0 radical (unpaired) electrons. The van der Waals surface area contributed by atoms with Crippen molar-refractivity contribution in [2.75, 3.05) is 13.2 Å². The predicted molar refractivity (Wildman–Crippen MR) is 111 cm³/mol. The van der Waals surface area contributed by atoms with Gasteiger partial charge in [0, 0.05) is 0 Å². The molecule has 0 aromatic heterocycles. The Balaban J connectivity index is 0. The van der Waals surface area contributed by atoms with Crippen molar-refractivity contribution in [1.82, 2.24) is 0 Å². The van der Waals surface area contributed by atoms with Crippen LogP contribution in [0.15, 0.2) is 0 Å². The largest absolute Gasteiger partial charge is 0.330 e. The SMILES string of the molecule is CCCCCCCCCCCCCCCCCCN.CCO[PH](=O)O. The molecule has 4 nitrogen and oxygen atoms in total. The Kier molecular flexibility index (Phi) is 28.8. The first-order valence-electron chi connectivity index (χ1n) is 10.7. The van der Waals surface area contributed by atoms with Crippen molar-refractivity contribution in [3.8, 4) is 0 Å². The van der Waals surface area contributed by atoms with Crippen molar-refractivity contribution in [1.29, 1.82) is 0 Å². The molecule has 0 saturated heterocycles. The topological polar surface area (TPSA) is 72.5 Å². The van der Waals surface area contributed by atoms with Gasteiger partial charge in [-0.05, 0) is 19.9 Å². The summed E-state index contributed by atoms with van der Waals surface area (Å²) in [5.74, 6) is 0. The fourth-order valence-electron chi connectivity index (χ4n) is 2.82. The van der Waals surface area contributed by atoms with Crippen LogP contribution in [0, 0.1) is 0 Å². The van der Waals surface area contributed by atoms with Gasteiger partial charge < -0.3 is 15.2 Å². The standard InChI is InChI=1S/C18H39N.C2H7O3P/c1-2-3-4-5-6-7-8-9-10-11-12-13-14-15-16-17-18-19;1-2-5-6(3)4/h2-19H2,1H3;6H,2H2,1H3,(H,3,4). The molecular weight excluding hydrogens is 333 g/mol. The zero-order valence-corrected chi connectivity index (χ0v) is 18.1. The zero-order valence-electron chi connectivity index (χ0n) is 17.1. The normalized spacial score (nSPS) is 11.8. The van der Waals surface area contributed by atoms with E-state index in [1.54, 1.807) is 6.92 Å². The smallest absolute Gasteiger partial charge is 0.316 e. The van der Waals surface area contributed by atoms with Crippen LogP contribution in [-0.2, 0) is 9.09 Å². The Morgan fingerprint density at radius 2 is 1.00 bits per heavy atom. The Morgan fingerprint density at radius 1 is 0.680 bits per heavy atom. The van der Waals surface area contributed by atoms with Gasteiger partial charge in [-0.3, -0.25) is 4.57 Å². The molecule has 3 N–H and O–H groups in total. The van der Waals surface area contributed by atoms with Gasteiger partial charge in [-0.15, -0.1) is 0 Å². The molecule has 25 heavy (non-hydrogen) atoms. The summed E-state index contributed by atoms with van der Waals surface area (Å²) in [6.07, 6.45) is 22.9. The van der Waals surface area contributed by atoms with Crippen LogP contribution >= 0.6 is 8.25 Å². The van der Waals surface area contributed by atoms with Crippen LogP contribution < -0.4 is 5.73 Å².